The quantitative estimate of drug-likeness (QED) is 0.237. The molecule has 0 radical (unpaired) electrons. The maximum Gasteiger partial charge on any atom is 0.337 e. The lowest BCUT2D eigenvalue weighted by atomic mass is 9.81. The monoisotopic (exact) mass is 720 g/mol. The molecule has 2 aromatic carbocycles. The minimum Gasteiger partial charge on any atom is -0.479 e. The van der Waals surface area contributed by atoms with Crippen molar-refractivity contribution in [3.8, 4) is 11.1 Å². The summed E-state index contributed by atoms with van der Waals surface area (Å²) < 4.78 is 49.6. The Bertz CT molecular complexity index is 1790. The van der Waals surface area contributed by atoms with Gasteiger partial charge in [-0.1, -0.05) is 38.1 Å². The van der Waals surface area contributed by atoms with E-state index in [0.29, 0.717) is 29.9 Å². The summed E-state index contributed by atoms with van der Waals surface area (Å²) in [6.45, 7) is 18.0. The lowest BCUT2D eigenvalue weighted by Crippen LogP contribution is -2.42. The number of piperidine rings is 2. The molecule has 4 heterocycles. The van der Waals surface area contributed by atoms with E-state index in [1.54, 1.807) is 11.0 Å². The Morgan fingerprint density at radius 3 is 2.35 bits per heavy atom. The van der Waals surface area contributed by atoms with Gasteiger partial charge in [0.25, 0.3) is 5.92 Å². The Labute approximate surface area is 307 Å². The number of pyridine rings is 1. The molecule has 0 unspecified atom stereocenters. The molecule has 0 bridgehead atoms. The van der Waals surface area contributed by atoms with Crippen LogP contribution in [0.2, 0.25) is 0 Å². The second-order valence-electron chi connectivity index (χ2n) is 17.1. The molecular weight excluding hydrogens is 665 g/mol. The number of fused-ring (bicyclic) bond motifs is 1. The van der Waals surface area contributed by atoms with Crippen LogP contribution in [0.1, 0.15) is 106 Å². The Morgan fingerprint density at radius 2 is 1.69 bits per heavy atom. The van der Waals surface area contributed by atoms with Crippen LogP contribution in [0.25, 0.3) is 11.1 Å². The highest BCUT2D eigenvalue weighted by Gasteiger charge is 2.39. The van der Waals surface area contributed by atoms with Crippen LogP contribution in [0.5, 0.6) is 0 Å². The SMILES string of the molecule is Cc1cc(F)ccc1CN1CCc2cc(-c3c(CN4CCCC(F)(F)C4)nc(C)c([C@H](OC(C)(C)C)C(=O)O)c3N3CCC(C)(C)CC3)ccc2C1. The molecule has 2 saturated heterocycles. The molecule has 2 fully saturated rings. The van der Waals surface area contributed by atoms with Gasteiger partial charge in [-0.25, -0.2) is 18.0 Å². The first-order chi connectivity index (χ1) is 24.4. The summed E-state index contributed by atoms with van der Waals surface area (Å²) in [7, 11) is 0. The number of aromatic nitrogens is 1. The average Bonchev–Trinajstić information content (AvgIpc) is 3.04. The molecule has 6 rings (SSSR count). The number of alkyl halides is 2. The number of halogens is 3. The van der Waals surface area contributed by atoms with Gasteiger partial charge in [-0.2, -0.15) is 0 Å². The third kappa shape index (κ3) is 8.83. The van der Waals surface area contributed by atoms with Gasteiger partial charge in [-0.05, 0) is 112 Å². The molecule has 1 N–H and O–H groups in total. The summed E-state index contributed by atoms with van der Waals surface area (Å²) in [4.78, 5) is 24.7. The average molecular weight is 721 g/mol. The van der Waals surface area contributed by atoms with Crippen LogP contribution in [0.4, 0.5) is 18.9 Å². The van der Waals surface area contributed by atoms with E-state index in [9.17, 15) is 23.1 Å². The number of nitrogens with zero attached hydrogens (tertiary/aromatic N) is 4. The van der Waals surface area contributed by atoms with Crippen LogP contribution in [0, 0.1) is 25.1 Å². The van der Waals surface area contributed by atoms with E-state index in [1.807, 2.05) is 40.7 Å². The van der Waals surface area contributed by atoms with E-state index in [0.717, 1.165) is 79.9 Å². The van der Waals surface area contributed by atoms with E-state index < -0.39 is 23.6 Å². The Hall–Kier alpha value is -3.47. The maximum absolute atomic E-state index is 14.7. The number of benzene rings is 2. The second-order valence-corrected chi connectivity index (χ2v) is 17.1. The number of carbonyl (C=O) groups is 1. The van der Waals surface area contributed by atoms with Gasteiger partial charge < -0.3 is 14.7 Å². The summed E-state index contributed by atoms with van der Waals surface area (Å²) in [6.07, 6.45) is 1.66. The van der Waals surface area contributed by atoms with Gasteiger partial charge in [0.15, 0.2) is 6.10 Å². The van der Waals surface area contributed by atoms with Gasteiger partial charge in [-0.15, -0.1) is 0 Å². The number of carboxylic acids is 1. The summed E-state index contributed by atoms with van der Waals surface area (Å²) in [5, 5.41) is 10.7. The number of anilines is 1. The van der Waals surface area contributed by atoms with Crippen LogP contribution < -0.4 is 4.90 Å². The van der Waals surface area contributed by atoms with Crippen LogP contribution in [-0.2, 0) is 35.6 Å². The van der Waals surface area contributed by atoms with E-state index in [2.05, 4.69) is 41.8 Å². The standard InChI is InChI=1S/C42H55F3N4O3/c1-27-21-33(43)12-11-31(27)23-47-18-13-29-22-30(9-10-32(29)24-47)36-34(25-48-17-8-14-42(44,45)26-48)46-28(2)35(38(39(50)51)52-40(3,4)5)37(36)49-19-15-41(6,7)16-20-49/h9-12,21-22,38H,8,13-20,23-26H2,1-7H3,(H,50,51)/t38-/m0/s1. The summed E-state index contributed by atoms with van der Waals surface area (Å²) in [6, 6.07) is 11.4. The van der Waals surface area contributed by atoms with E-state index >= 15 is 0 Å². The number of aryl methyl sites for hydroxylation is 2. The molecule has 282 valence electrons. The van der Waals surface area contributed by atoms with Crippen molar-refractivity contribution in [2.75, 3.05) is 37.6 Å². The summed E-state index contributed by atoms with van der Waals surface area (Å²) in [5.74, 6) is -4.09. The molecule has 10 heteroatoms. The van der Waals surface area contributed by atoms with Gasteiger partial charge in [0.2, 0.25) is 0 Å². The number of aliphatic carboxylic acids is 1. The predicted octanol–water partition coefficient (Wildman–Crippen LogP) is 8.86. The third-order valence-corrected chi connectivity index (χ3v) is 11.0. The fourth-order valence-corrected chi connectivity index (χ4v) is 8.12. The van der Waals surface area contributed by atoms with Gasteiger partial charge in [0.05, 0.1) is 23.5 Å². The van der Waals surface area contributed by atoms with Crippen molar-refractivity contribution in [3.63, 3.8) is 0 Å². The van der Waals surface area contributed by atoms with Crippen molar-refractivity contribution in [2.24, 2.45) is 5.41 Å². The van der Waals surface area contributed by atoms with Crippen LogP contribution in [-0.4, -0.2) is 70.1 Å². The fraction of sp³-hybridized carbons (Fsp3) is 0.571. The van der Waals surface area contributed by atoms with E-state index in [4.69, 9.17) is 9.72 Å². The highest BCUT2D eigenvalue weighted by molar-refractivity contribution is 5.88. The Kier molecular flexibility index (Phi) is 10.9. The Morgan fingerprint density at radius 1 is 0.962 bits per heavy atom. The normalized spacial score (nSPS) is 20.1. The molecule has 3 aliphatic rings. The van der Waals surface area contributed by atoms with Gasteiger partial charge in [-0.3, -0.25) is 14.8 Å². The van der Waals surface area contributed by atoms with Gasteiger partial charge in [0.1, 0.15) is 5.82 Å². The molecule has 1 atom stereocenters. The topological polar surface area (TPSA) is 69.1 Å². The van der Waals surface area contributed by atoms with Crippen molar-refractivity contribution < 1.29 is 27.8 Å². The maximum atomic E-state index is 14.7. The van der Waals surface area contributed by atoms with E-state index in [1.165, 1.54) is 17.2 Å². The zero-order chi connectivity index (χ0) is 37.6. The zero-order valence-electron chi connectivity index (χ0n) is 31.9. The lowest BCUT2D eigenvalue weighted by Gasteiger charge is -2.41. The number of carboxylic acid groups (broad SMARTS) is 1. The molecule has 0 aliphatic carbocycles. The van der Waals surface area contributed by atoms with Crippen molar-refractivity contribution in [1.29, 1.82) is 0 Å². The number of hydrogen-bond acceptors (Lipinski definition) is 6. The fourth-order valence-electron chi connectivity index (χ4n) is 8.12. The first-order valence-corrected chi connectivity index (χ1v) is 18.8. The van der Waals surface area contributed by atoms with Crippen molar-refractivity contribution in [3.05, 3.63) is 81.4 Å². The summed E-state index contributed by atoms with van der Waals surface area (Å²) >= 11 is 0. The molecule has 52 heavy (non-hydrogen) atoms. The van der Waals surface area contributed by atoms with Crippen molar-refractivity contribution in [2.45, 2.75) is 118 Å². The molecule has 3 aromatic rings. The molecule has 0 amide bonds. The largest absolute Gasteiger partial charge is 0.479 e. The first kappa shape index (κ1) is 38.3. The van der Waals surface area contributed by atoms with Crippen LogP contribution >= 0.6 is 0 Å². The molecule has 0 spiro atoms. The highest BCUT2D eigenvalue weighted by atomic mass is 19.3. The van der Waals surface area contributed by atoms with Crippen LogP contribution in [0.3, 0.4) is 0 Å². The summed E-state index contributed by atoms with van der Waals surface area (Å²) in [5.41, 5.74) is 8.11. The number of rotatable bonds is 9. The van der Waals surface area contributed by atoms with E-state index in [-0.39, 0.29) is 30.7 Å². The third-order valence-electron chi connectivity index (χ3n) is 11.0. The number of ether oxygens (including phenoxy) is 1. The minimum absolute atomic E-state index is 0.121. The molecule has 1 aromatic heterocycles. The molecule has 7 nitrogen and oxygen atoms in total. The van der Waals surface area contributed by atoms with Crippen molar-refractivity contribution >= 4 is 11.7 Å². The second kappa shape index (κ2) is 14.7. The lowest BCUT2D eigenvalue weighted by molar-refractivity contribution is -0.160. The molecule has 0 saturated carbocycles. The highest BCUT2D eigenvalue weighted by Crippen LogP contribution is 2.46. The predicted molar refractivity (Wildman–Crippen MR) is 199 cm³/mol. The number of hydrogen-bond donors (Lipinski definition) is 1. The molecule has 3 aliphatic heterocycles. The molecular formula is C42H55F3N4O3. The smallest absolute Gasteiger partial charge is 0.337 e. The Balaban J connectivity index is 1.48. The minimum atomic E-state index is -2.77. The van der Waals surface area contributed by atoms with Crippen LogP contribution in [0.15, 0.2) is 36.4 Å². The first-order valence-electron chi connectivity index (χ1n) is 18.8. The van der Waals surface area contributed by atoms with Gasteiger partial charge >= 0.3 is 5.97 Å². The van der Waals surface area contributed by atoms with Gasteiger partial charge in [0, 0.05) is 62.5 Å². The van der Waals surface area contributed by atoms with Crippen molar-refractivity contribution in [1.82, 2.24) is 14.8 Å². The zero-order valence-corrected chi connectivity index (χ0v) is 31.9. The number of likely N-dealkylation sites (tertiary alicyclic amines) is 1.